The summed E-state index contributed by atoms with van der Waals surface area (Å²) in [6.45, 7) is 0. The number of nitrogens with zero attached hydrogens (tertiary/aromatic N) is 1. The van der Waals surface area contributed by atoms with E-state index in [-0.39, 0.29) is 6.23 Å². The Hall–Kier alpha value is -0.860. The van der Waals surface area contributed by atoms with Crippen LogP contribution in [0.3, 0.4) is 0 Å². The van der Waals surface area contributed by atoms with Gasteiger partial charge in [0.25, 0.3) is 0 Å². The molecule has 10 heavy (non-hydrogen) atoms. The molecule has 0 spiro atoms. The Labute approximate surface area is 60.0 Å². The lowest BCUT2D eigenvalue weighted by Gasteiger charge is -1.90. The standard InChI is InChI=1S/C8H9NO/c1-9-8(10-9)7-5-3-2-4-6-7/h2-6,8H,1H3. The molecule has 1 aromatic rings. The number of hydrogen-bond donors (Lipinski definition) is 0. The highest BCUT2D eigenvalue weighted by molar-refractivity contribution is 5.18. The quantitative estimate of drug-likeness (QED) is 0.543. The van der Waals surface area contributed by atoms with Crippen LogP contribution >= 0.6 is 0 Å². The fourth-order valence-electron chi connectivity index (χ4n) is 1.02. The lowest BCUT2D eigenvalue weighted by molar-refractivity contribution is 0.233. The first-order chi connectivity index (χ1) is 4.88. The smallest absolute Gasteiger partial charge is 0.179 e. The van der Waals surface area contributed by atoms with Crippen LogP contribution in [0, 0.1) is 0 Å². The second-order valence-corrected chi connectivity index (χ2v) is 2.41. The van der Waals surface area contributed by atoms with Crippen molar-refractivity contribution in [3.05, 3.63) is 35.9 Å². The number of hydroxylamine groups is 2. The van der Waals surface area contributed by atoms with E-state index < -0.39 is 0 Å². The molecule has 1 aromatic carbocycles. The molecule has 0 radical (unpaired) electrons. The predicted molar refractivity (Wildman–Crippen MR) is 38.0 cm³/mol. The zero-order valence-corrected chi connectivity index (χ0v) is 5.82. The maximum Gasteiger partial charge on any atom is 0.179 e. The molecule has 0 bridgehead atoms. The zero-order chi connectivity index (χ0) is 6.97. The van der Waals surface area contributed by atoms with Crippen molar-refractivity contribution in [3.8, 4) is 0 Å². The molecule has 1 saturated heterocycles. The maximum atomic E-state index is 5.14. The molecule has 0 N–H and O–H groups in total. The van der Waals surface area contributed by atoms with Gasteiger partial charge in [-0.3, -0.25) is 4.84 Å². The van der Waals surface area contributed by atoms with Gasteiger partial charge in [0.15, 0.2) is 6.23 Å². The van der Waals surface area contributed by atoms with Crippen molar-refractivity contribution in [2.75, 3.05) is 7.05 Å². The first-order valence-corrected chi connectivity index (χ1v) is 3.32. The molecule has 2 nitrogen and oxygen atoms in total. The Bertz CT molecular complexity index is 222. The SMILES string of the molecule is CN1OC1c1ccccc1. The van der Waals surface area contributed by atoms with Crippen LogP contribution < -0.4 is 0 Å². The summed E-state index contributed by atoms with van der Waals surface area (Å²) in [5.74, 6) is 0. The highest BCUT2D eigenvalue weighted by Crippen LogP contribution is 2.33. The minimum absolute atomic E-state index is 0.209. The van der Waals surface area contributed by atoms with Crippen molar-refractivity contribution in [3.63, 3.8) is 0 Å². The molecule has 2 heteroatoms. The molecule has 0 saturated carbocycles. The summed E-state index contributed by atoms with van der Waals surface area (Å²) in [5.41, 5.74) is 1.23. The van der Waals surface area contributed by atoms with Crippen molar-refractivity contribution in [1.29, 1.82) is 0 Å². The van der Waals surface area contributed by atoms with Crippen molar-refractivity contribution < 1.29 is 4.84 Å². The average molecular weight is 135 g/mol. The van der Waals surface area contributed by atoms with Gasteiger partial charge in [-0.2, -0.15) is 5.06 Å². The maximum absolute atomic E-state index is 5.14. The summed E-state index contributed by atoms with van der Waals surface area (Å²) in [7, 11) is 1.93. The van der Waals surface area contributed by atoms with Crippen molar-refractivity contribution in [1.82, 2.24) is 5.06 Å². The molecule has 0 aliphatic carbocycles. The molecule has 1 heterocycles. The second-order valence-electron chi connectivity index (χ2n) is 2.41. The fraction of sp³-hybridized carbons (Fsp3) is 0.250. The van der Waals surface area contributed by atoms with E-state index in [1.807, 2.05) is 30.3 Å². The molecular weight excluding hydrogens is 126 g/mol. The molecule has 52 valence electrons. The largest absolute Gasteiger partial charge is 0.270 e. The van der Waals surface area contributed by atoms with Gasteiger partial charge >= 0.3 is 0 Å². The summed E-state index contributed by atoms with van der Waals surface area (Å²) < 4.78 is 0. The highest BCUT2D eigenvalue weighted by atomic mass is 16.8. The van der Waals surface area contributed by atoms with Gasteiger partial charge in [-0.1, -0.05) is 30.3 Å². The monoisotopic (exact) mass is 135 g/mol. The molecule has 0 amide bonds. The third-order valence-electron chi connectivity index (χ3n) is 1.64. The van der Waals surface area contributed by atoms with Crippen LogP contribution in [0.2, 0.25) is 0 Å². The lowest BCUT2D eigenvalue weighted by Crippen LogP contribution is -1.86. The Morgan fingerprint density at radius 1 is 1.30 bits per heavy atom. The molecular formula is C8H9NO. The first-order valence-electron chi connectivity index (χ1n) is 3.32. The normalized spacial score (nSPS) is 30.1. The topological polar surface area (TPSA) is 15.5 Å². The minimum Gasteiger partial charge on any atom is -0.270 e. The van der Waals surface area contributed by atoms with E-state index in [1.165, 1.54) is 5.56 Å². The number of benzene rings is 1. The number of hydrogen-bond acceptors (Lipinski definition) is 2. The van der Waals surface area contributed by atoms with Gasteiger partial charge in [0.2, 0.25) is 0 Å². The van der Waals surface area contributed by atoms with E-state index in [9.17, 15) is 0 Å². The molecule has 0 aromatic heterocycles. The van der Waals surface area contributed by atoms with Crippen molar-refractivity contribution in [2.24, 2.45) is 0 Å². The van der Waals surface area contributed by atoms with Crippen LogP contribution in [0.15, 0.2) is 30.3 Å². The van der Waals surface area contributed by atoms with Crippen LogP contribution in [0.4, 0.5) is 0 Å². The molecule has 1 aliphatic heterocycles. The van der Waals surface area contributed by atoms with Gasteiger partial charge in [0.1, 0.15) is 0 Å². The summed E-state index contributed by atoms with van der Waals surface area (Å²) in [4.78, 5) is 5.14. The van der Waals surface area contributed by atoms with Crippen molar-refractivity contribution in [2.45, 2.75) is 6.23 Å². The zero-order valence-electron chi connectivity index (χ0n) is 5.82. The van der Waals surface area contributed by atoms with E-state index in [2.05, 4.69) is 12.1 Å². The first kappa shape index (κ1) is 5.89. The Morgan fingerprint density at radius 3 is 2.40 bits per heavy atom. The van der Waals surface area contributed by atoms with E-state index in [0.29, 0.717) is 0 Å². The van der Waals surface area contributed by atoms with E-state index in [1.54, 1.807) is 0 Å². The van der Waals surface area contributed by atoms with Crippen molar-refractivity contribution >= 4 is 0 Å². The van der Waals surface area contributed by atoms with E-state index in [0.717, 1.165) is 0 Å². The Balaban J connectivity index is 2.20. The molecule has 2 unspecified atom stereocenters. The van der Waals surface area contributed by atoms with Gasteiger partial charge in [0, 0.05) is 7.05 Å². The highest BCUT2D eigenvalue weighted by Gasteiger charge is 2.33. The fourth-order valence-corrected chi connectivity index (χ4v) is 1.02. The van der Waals surface area contributed by atoms with Crippen LogP contribution in [-0.4, -0.2) is 12.1 Å². The van der Waals surface area contributed by atoms with Crippen LogP contribution in [0.1, 0.15) is 11.8 Å². The molecule has 2 rings (SSSR count). The van der Waals surface area contributed by atoms with Gasteiger partial charge in [-0.15, -0.1) is 0 Å². The molecule has 1 aliphatic rings. The minimum atomic E-state index is 0.209. The third kappa shape index (κ3) is 0.916. The summed E-state index contributed by atoms with van der Waals surface area (Å²) in [5, 5.41) is 1.83. The Kier molecular flexibility index (Phi) is 1.22. The van der Waals surface area contributed by atoms with Crippen LogP contribution in [-0.2, 0) is 4.84 Å². The molecule has 2 atom stereocenters. The van der Waals surface area contributed by atoms with E-state index in [4.69, 9.17) is 4.84 Å². The van der Waals surface area contributed by atoms with Crippen LogP contribution in [0.5, 0.6) is 0 Å². The van der Waals surface area contributed by atoms with Gasteiger partial charge in [-0.05, 0) is 5.56 Å². The van der Waals surface area contributed by atoms with Crippen LogP contribution in [0.25, 0.3) is 0 Å². The number of rotatable bonds is 1. The van der Waals surface area contributed by atoms with Gasteiger partial charge < -0.3 is 0 Å². The predicted octanol–water partition coefficient (Wildman–Crippen LogP) is 1.56. The average Bonchev–Trinajstić information content (AvgIpc) is 2.69. The van der Waals surface area contributed by atoms with Gasteiger partial charge in [-0.25, -0.2) is 0 Å². The summed E-state index contributed by atoms with van der Waals surface area (Å²) >= 11 is 0. The third-order valence-corrected chi connectivity index (χ3v) is 1.64. The molecule has 1 fully saturated rings. The lowest BCUT2D eigenvalue weighted by atomic mass is 10.2. The second kappa shape index (κ2) is 2.08. The van der Waals surface area contributed by atoms with Gasteiger partial charge in [0.05, 0.1) is 0 Å². The Morgan fingerprint density at radius 2 is 1.90 bits per heavy atom. The van der Waals surface area contributed by atoms with E-state index >= 15 is 0 Å². The summed E-state index contributed by atoms with van der Waals surface area (Å²) in [6, 6.07) is 10.2. The summed E-state index contributed by atoms with van der Waals surface area (Å²) in [6.07, 6.45) is 0.209.